The van der Waals surface area contributed by atoms with Crippen molar-refractivity contribution in [2.24, 2.45) is 0 Å². The van der Waals surface area contributed by atoms with Crippen LogP contribution in [0.15, 0.2) is 35.2 Å². The van der Waals surface area contributed by atoms with Crippen LogP contribution in [0.4, 0.5) is 5.00 Å². The number of aryl methyl sites for hydroxylation is 2. The first kappa shape index (κ1) is 21.5. The molecule has 0 spiro atoms. The molecule has 154 valence electrons. The lowest BCUT2D eigenvalue weighted by atomic mass is 10.1. The minimum Gasteiger partial charge on any atom is -0.379 e. The fourth-order valence-electron chi connectivity index (χ4n) is 3.00. The molecule has 1 fully saturated rings. The van der Waals surface area contributed by atoms with Gasteiger partial charge in [0.05, 0.1) is 23.7 Å². The van der Waals surface area contributed by atoms with E-state index in [-0.39, 0.29) is 17.2 Å². The molecule has 1 N–H and O–H groups in total. The number of amides is 1. The van der Waals surface area contributed by atoms with Crippen LogP contribution in [0.25, 0.3) is 0 Å². The van der Waals surface area contributed by atoms with E-state index in [0.29, 0.717) is 43.3 Å². The highest BCUT2D eigenvalue weighted by Crippen LogP contribution is 2.28. The summed E-state index contributed by atoms with van der Waals surface area (Å²) in [4.78, 5) is 13.6. The third kappa shape index (κ3) is 5.22. The van der Waals surface area contributed by atoms with E-state index < -0.39 is 10.0 Å². The third-order valence-corrected chi connectivity index (χ3v) is 7.78. The van der Waals surface area contributed by atoms with Crippen LogP contribution in [0.5, 0.6) is 0 Å². The number of sulfonamides is 1. The second kappa shape index (κ2) is 9.50. The zero-order valence-corrected chi connectivity index (χ0v) is 17.8. The van der Waals surface area contributed by atoms with Gasteiger partial charge in [-0.2, -0.15) is 9.57 Å². The van der Waals surface area contributed by atoms with E-state index in [1.165, 1.54) is 15.6 Å². The lowest BCUT2D eigenvalue weighted by Gasteiger charge is -2.26. The molecule has 0 unspecified atom stereocenters. The van der Waals surface area contributed by atoms with Crippen LogP contribution in [-0.2, 0) is 32.4 Å². The lowest BCUT2D eigenvalue weighted by molar-refractivity contribution is -0.116. The van der Waals surface area contributed by atoms with E-state index in [9.17, 15) is 18.5 Å². The Morgan fingerprint density at radius 3 is 2.59 bits per heavy atom. The zero-order valence-electron chi connectivity index (χ0n) is 16.2. The van der Waals surface area contributed by atoms with Gasteiger partial charge in [0.25, 0.3) is 0 Å². The molecule has 1 aliphatic heterocycles. The largest absolute Gasteiger partial charge is 0.379 e. The Bertz CT molecular complexity index is 1000. The number of nitriles is 1. The average molecular weight is 434 g/mol. The minimum atomic E-state index is -3.51. The first-order chi connectivity index (χ1) is 13.9. The molecule has 3 rings (SSSR count). The van der Waals surface area contributed by atoms with Crippen molar-refractivity contribution in [3.05, 3.63) is 46.3 Å². The van der Waals surface area contributed by atoms with Crippen molar-refractivity contribution in [3.8, 4) is 6.07 Å². The number of hydrogen-bond acceptors (Lipinski definition) is 6. The topological polar surface area (TPSA) is 99.5 Å². The number of anilines is 1. The van der Waals surface area contributed by atoms with Crippen LogP contribution in [-0.4, -0.2) is 44.9 Å². The number of carbonyl (C=O) groups is 1. The summed E-state index contributed by atoms with van der Waals surface area (Å²) >= 11 is 1.42. The average Bonchev–Trinajstić information content (AvgIpc) is 3.15. The van der Waals surface area contributed by atoms with Crippen LogP contribution >= 0.6 is 11.3 Å². The number of ether oxygens (including phenoxy) is 1. The highest BCUT2D eigenvalue weighted by atomic mass is 32.2. The minimum absolute atomic E-state index is 0.170. The van der Waals surface area contributed by atoms with E-state index >= 15 is 0 Å². The normalized spacial score (nSPS) is 15.0. The maximum Gasteiger partial charge on any atom is 0.243 e. The maximum atomic E-state index is 12.6. The van der Waals surface area contributed by atoms with Crippen molar-refractivity contribution >= 4 is 32.3 Å². The SMILES string of the molecule is CCc1cc(C#N)c(NC(=O)CCc2ccc(S(=O)(=O)N3CCOCC3)cc2)s1. The van der Waals surface area contributed by atoms with E-state index in [1.807, 2.05) is 6.92 Å². The summed E-state index contributed by atoms with van der Waals surface area (Å²) in [6, 6.07) is 10.5. The van der Waals surface area contributed by atoms with Gasteiger partial charge >= 0.3 is 0 Å². The molecule has 0 atom stereocenters. The van der Waals surface area contributed by atoms with Gasteiger partial charge in [-0.1, -0.05) is 19.1 Å². The summed E-state index contributed by atoms with van der Waals surface area (Å²) in [7, 11) is -3.51. The molecule has 0 bridgehead atoms. The predicted octanol–water partition coefficient (Wildman–Crippen LogP) is 2.77. The van der Waals surface area contributed by atoms with Gasteiger partial charge in [-0.3, -0.25) is 4.79 Å². The number of benzene rings is 1. The summed E-state index contributed by atoms with van der Waals surface area (Å²) in [5.74, 6) is -0.170. The van der Waals surface area contributed by atoms with E-state index in [2.05, 4.69) is 11.4 Å². The molecule has 1 saturated heterocycles. The van der Waals surface area contributed by atoms with Crippen molar-refractivity contribution in [1.82, 2.24) is 4.31 Å². The van der Waals surface area contributed by atoms with Gasteiger partial charge in [-0.25, -0.2) is 8.42 Å². The van der Waals surface area contributed by atoms with Gasteiger partial charge in [-0.15, -0.1) is 11.3 Å². The molecule has 1 aliphatic rings. The Balaban J connectivity index is 1.58. The first-order valence-electron chi connectivity index (χ1n) is 9.43. The van der Waals surface area contributed by atoms with Crippen LogP contribution in [0.3, 0.4) is 0 Å². The molecular formula is C20H23N3O4S2. The fourth-order valence-corrected chi connectivity index (χ4v) is 5.37. The third-order valence-electron chi connectivity index (χ3n) is 4.68. The Labute approximate surface area is 175 Å². The fraction of sp³-hybridized carbons (Fsp3) is 0.400. The monoisotopic (exact) mass is 433 g/mol. The summed E-state index contributed by atoms with van der Waals surface area (Å²) in [6.45, 7) is 3.53. The summed E-state index contributed by atoms with van der Waals surface area (Å²) in [6.07, 6.45) is 1.55. The maximum absolute atomic E-state index is 12.6. The number of rotatable bonds is 7. The van der Waals surface area contributed by atoms with Gasteiger partial charge in [0.1, 0.15) is 11.1 Å². The summed E-state index contributed by atoms with van der Waals surface area (Å²) in [5.41, 5.74) is 1.36. The molecule has 0 aliphatic carbocycles. The van der Waals surface area contributed by atoms with Crippen molar-refractivity contribution in [3.63, 3.8) is 0 Å². The van der Waals surface area contributed by atoms with Crippen LogP contribution in [0.1, 0.15) is 29.3 Å². The number of thiophene rings is 1. The molecular weight excluding hydrogens is 410 g/mol. The van der Waals surface area contributed by atoms with Gasteiger partial charge in [0, 0.05) is 24.4 Å². The van der Waals surface area contributed by atoms with E-state index in [1.54, 1.807) is 30.3 Å². The number of carbonyl (C=O) groups excluding carboxylic acids is 1. The van der Waals surface area contributed by atoms with Gasteiger partial charge < -0.3 is 10.1 Å². The molecule has 1 aromatic heterocycles. The quantitative estimate of drug-likeness (QED) is 0.724. The first-order valence-corrected chi connectivity index (χ1v) is 11.7. The standard InChI is InChI=1S/C20H23N3O4S2/c1-2-17-13-16(14-21)20(28-17)22-19(24)8-5-15-3-6-18(7-4-15)29(25,26)23-9-11-27-12-10-23/h3-4,6-7,13H,2,5,8-12H2,1H3,(H,22,24). The molecule has 0 radical (unpaired) electrons. The van der Waals surface area contributed by atoms with Crippen molar-refractivity contribution in [1.29, 1.82) is 5.26 Å². The Morgan fingerprint density at radius 1 is 1.28 bits per heavy atom. The Hall–Kier alpha value is -2.25. The number of nitrogens with one attached hydrogen (secondary N) is 1. The molecule has 9 heteroatoms. The van der Waals surface area contributed by atoms with E-state index in [0.717, 1.165) is 16.9 Å². The second-order valence-electron chi connectivity index (χ2n) is 6.63. The smallest absolute Gasteiger partial charge is 0.243 e. The molecule has 1 amide bonds. The van der Waals surface area contributed by atoms with Gasteiger partial charge in [-0.05, 0) is 36.6 Å². The Kier molecular flexibility index (Phi) is 7.03. The zero-order chi connectivity index (χ0) is 20.9. The number of nitrogens with zero attached hydrogens (tertiary/aromatic N) is 2. The Morgan fingerprint density at radius 2 is 1.97 bits per heavy atom. The number of hydrogen-bond donors (Lipinski definition) is 1. The summed E-state index contributed by atoms with van der Waals surface area (Å²) in [5, 5.41) is 12.6. The van der Waals surface area contributed by atoms with E-state index in [4.69, 9.17) is 4.74 Å². The summed E-state index contributed by atoms with van der Waals surface area (Å²) < 4.78 is 31.9. The van der Waals surface area contributed by atoms with Crippen LogP contribution < -0.4 is 5.32 Å². The van der Waals surface area contributed by atoms with Crippen molar-refractivity contribution in [2.75, 3.05) is 31.6 Å². The molecule has 0 saturated carbocycles. The molecule has 29 heavy (non-hydrogen) atoms. The molecule has 7 nitrogen and oxygen atoms in total. The molecule has 1 aromatic carbocycles. The van der Waals surface area contributed by atoms with Crippen LogP contribution in [0, 0.1) is 11.3 Å². The van der Waals surface area contributed by atoms with Gasteiger partial charge in [0.15, 0.2) is 0 Å². The highest BCUT2D eigenvalue weighted by molar-refractivity contribution is 7.89. The predicted molar refractivity (Wildman–Crippen MR) is 111 cm³/mol. The number of morpholine rings is 1. The van der Waals surface area contributed by atoms with Crippen molar-refractivity contribution < 1.29 is 17.9 Å². The van der Waals surface area contributed by atoms with Crippen LogP contribution in [0.2, 0.25) is 0 Å². The molecule has 2 heterocycles. The highest BCUT2D eigenvalue weighted by Gasteiger charge is 2.26. The second-order valence-corrected chi connectivity index (χ2v) is 9.70. The van der Waals surface area contributed by atoms with Crippen molar-refractivity contribution in [2.45, 2.75) is 31.1 Å². The van der Waals surface area contributed by atoms with Gasteiger partial charge in [0.2, 0.25) is 15.9 Å². The molecule has 2 aromatic rings. The lowest BCUT2D eigenvalue weighted by Crippen LogP contribution is -2.40.